The number of urea groups is 1. The summed E-state index contributed by atoms with van der Waals surface area (Å²) < 4.78 is 7.65. The van der Waals surface area contributed by atoms with Crippen LogP contribution >= 0.6 is 15.9 Å². The molecule has 0 aliphatic carbocycles. The van der Waals surface area contributed by atoms with Crippen LogP contribution in [0.5, 0.6) is 0 Å². The van der Waals surface area contributed by atoms with Crippen LogP contribution in [0, 0.1) is 5.92 Å². The first-order chi connectivity index (χ1) is 14.5. The number of hydrogen-bond donors (Lipinski definition) is 2. The zero-order valence-corrected chi connectivity index (χ0v) is 17.7. The summed E-state index contributed by atoms with van der Waals surface area (Å²) in [4.78, 5) is 24.7. The van der Waals surface area contributed by atoms with E-state index in [-0.39, 0.29) is 5.70 Å². The molecule has 152 valence electrons. The van der Waals surface area contributed by atoms with Gasteiger partial charge in [-0.1, -0.05) is 52.8 Å². The lowest BCUT2D eigenvalue weighted by molar-refractivity contribution is -0.145. The number of amides is 2. The highest BCUT2D eigenvalue weighted by Crippen LogP contribution is 2.36. The third-order valence-corrected chi connectivity index (χ3v) is 5.47. The Kier molecular flexibility index (Phi) is 5.41. The number of rotatable bonds is 4. The van der Waals surface area contributed by atoms with Crippen LogP contribution in [-0.4, -0.2) is 28.9 Å². The van der Waals surface area contributed by atoms with Crippen LogP contribution in [0.15, 0.2) is 77.5 Å². The highest BCUT2D eigenvalue weighted by molar-refractivity contribution is 9.10. The smallest absolute Gasteiger partial charge is 0.319 e. The van der Waals surface area contributed by atoms with E-state index >= 15 is 0 Å². The number of halogens is 1. The topological polar surface area (TPSA) is 85.3 Å². The minimum absolute atomic E-state index is 0.282. The molecular weight excluding hydrogens is 448 g/mol. The fraction of sp³-hybridized carbons (Fsp3) is 0.136. The van der Waals surface area contributed by atoms with E-state index in [9.17, 15) is 9.59 Å². The van der Waals surface area contributed by atoms with E-state index in [1.54, 1.807) is 4.68 Å². The molecule has 2 amide bonds. The molecule has 0 saturated carbocycles. The van der Waals surface area contributed by atoms with Crippen LogP contribution < -0.4 is 10.6 Å². The molecule has 1 aliphatic heterocycles. The number of nitrogens with zero attached hydrogens (tertiary/aromatic N) is 2. The minimum Gasteiger partial charge on any atom is -0.468 e. The fourth-order valence-electron chi connectivity index (χ4n) is 3.51. The molecule has 1 aromatic heterocycles. The number of ether oxygens (including phenoxy) is 1. The molecule has 7 nitrogen and oxygen atoms in total. The van der Waals surface area contributed by atoms with E-state index in [1.165, 1.54) is 7.11 Å². The fourth-order valence-corrected chi connectivity index (χ4v) is 3.77. The van der Waals surface area contributed by atoms with Crippen LogP contribution in [0.3, 0.4) is 0 Å². The van der Waals surface area contributed by atoms with Crippen LogP contribution in [0.1, 0.15) is 11.6 Å². The van der Waals surface area contributed by atoms with Gasteiger partial charge in [0.05, 0.1) is 24.5 Å². The number of benzene rings is 2. The second kappa shape index (κ2) is 8.16. The third-order valence-electron chi connectivity index (χ3n) is 4.94. The monoisotopic (exact) mass is 466 g/mol. The number of carbonyl (C=O) groups is 2. The lowest BCUT2D eigenvalue weighted by Crippen LogP contribution is -2.51. The average molecular weight is 467 g/mol. The van der Waals surface area contributed by atoms with Crippen molar-refractivity contribution >= 4 is 27.9 Å². The van der Waals surface area contributed by atoms with E-state index in [0.717, 1.165) is 15.7 Å². The Morgan fingerprint density at radius 2 is 1.87 bits per heavy atom. The SMILES string of the molecule is C=C1NC(=O)NC(c2cn(-c3ccccc3)nc2-c2ccc(Br)cc2)C1C(=O)OC. The standard InChI is InChI=1S/C22H19BrN4O3/c1-13-18(21(28)30-2)20(25-22(29)24-13)17-12-27(16-6-4-3-5-7-16)26-19(17)14-8-10-15(23)11-9-14/h3-12,18,20H,1H2,2H3,(H2,24,25,29). The van der Waals surface area contributed by atoms with Gasteiger partial charge < -0.3 is 15.4 Å². The number of esters is 1. The molecule has 2 aromatic carbocycles. The maximum absolute atomic E-state index is 12.5. The largest absolute Gasteiger partial charge is 0.468 e. The van der Waals surface area contributed by atoms with Crippen molar-refractivity contribution in [3.8, 4) is 16.9 Å². The first kappa shape index (κ1) is 19.9. The molecular formula is C22H19BrN4O3. The van der Waals surface area contributed by atoms with Crippen LogP contribution in [0.2, 0.25) is 0 Å². The van der Waals surface area contributed by atoms with Crippen molar-refractivity contribution in [2.24, 2.45) is 5.92 Å². The predicted octanol–water partition coefficient (Wildman–Crippen LogP) is 3.96. The predicted molar refractivity (Wildman–Crippen MR) is 116 cm³/mol. The van der Waals surface area contributed by atoms with E-state index in [4.69, 9.17) is 9.84 Å². The first-order valence-electron chi connectivity index (χ1n) is 9.23. The molecule has 1 aliphatic rings. The van der Waals surface area contributed by atoms with Crippen molar-refractivity contribution < 1.29 is 14.3 Å². The van der Waals surface area contributed by atoms with Gasteiger partial charge in [0.15, 0.2) is 0 Å². The quantitative estimate of drug-likeness (QED) is 0.569. The molecule has 0 radical (unpaired) electrons. The van der Waals surface area contributed by atoms with Crippen LogP contribution in [-0.2, 0) is 9.53 Å². The summed E-state index contributed by atoms with van der Waals surface area (Å²) in [6.45, 7) is 3.86. The molecule has 0 spiro atoms. The summed E-state index contributed by atoms with van der Waals surface area (Å²) in [5.41, 5.74) is 3.33. The van der Waals surface area contributed by atoms with Crippen molar-refractivity contribution in [2.45, 2.75) is 6.04 Å². The Balaban J connectivity index is 1.89. The maximum atomic E-state index is 12.5. The summed E-state index contributed by atoms with van der Waals surface area (Å²) in [5, 5.41) is 10.2. The number of para-hydroxylation sites is 1. The summed E-state index contributed by atoms with van der Waals surface area (Å²) in [7, 11) is 1.31. The Bertz CT molecular complexity index is 1110. The van der Waals surface area contributed by atoms with Crippen molar-refractivity contribution in [1.82, 2.24) is 20.4 Å². The van der Waals surface area contributed by atoms with Crippen LogP contribution in [0.4, 0.5) is 4.79 Å². The highest BCUT2D eigenvalue weighted by atomic mass is 79.9. The number of hydrogen-bond acceptors (Lipinski definition) is 4. The number of nitrogens with one attached hydrogen (secondary N) is 2. The first-order valence-corrected chi connectivity index (χ1v) is 10.0. The van der Waals surface area contributed by atoms with Gasteiger partial charge in [0.25, 0.3) is 0 Å². The lowest BCUT2D eigenvalue weighted by atomic mass is 9.88. The number of methoxy groups -OCH3 is 1. The Hall–Kier alpha value is -3.39. The van der Waals surface area contributed by atoms with E-state index in [2.05, 4.69) is 33.1 Å². The van der Waals surface area contributed by atoms with Gasteiger partial charge in [-0.05, 0) is 24.3 Å². The average Bonchev–Trinajstić information content (AvgIpc) is 3.19. The second-order valence-electron chi connectivity index (χ2n) is 6.82. The molecule has 2 heterocycles. The molecule has 1 fully saturated rings. The van der Waals surface area contributed by atoms with Gasteiger partial charge in [-0.15, -0.1) is 0 Å². The molecule has 2 unspecified atom stereocenters. The molecule has 4 rings (SSSR count). The summed E-state index contributed by atoms with van der Waals surface area (Å²) in [5.74, 6) is -1.29. The van der Waals surface area contributed by atoms with Crippen molar-refractivity contribution in [3.63, 3.8) is 0 Å². The molecule has 3 aromatic rings. The van der Waals surface area contributed by atoms with Gasteiger partial charge in [0.1, 0.15) is 5.92 Å². The zero-order chi connectivity index (χ0) is 21.3. The Morgan fingerprint density at radius 1 is 1.17 bits per heavy atom. The van der Waals surface area contributed by atoms with Gasteiger partial charge >= 0.3 is 12.0 Å². The lowest BCUT2D eigenvalue weighted by Gasteiger charge is -2.32. The van der Waals surface area contributed by atoms with Crippen molar-refractivity contribution in [2.75, 3.05) is 7.11 Å². The summed E-state index contributed by atoms with van der Waals surface area (Å²) >= 11 is 3.45. The molecule has 0 bridgehead atoms. The van der Waals surface area contributed by atoms with Crippen molar-refractivity contribution in [1.29, 1.82) is 0 Å². The Morgan fingerprint density at radius 3 is 2.53 bits per heavy atom. The van der Waals surface area contributed by atoms with Gasteiger partial charge in [0.2, 0.25) is 0 Å². The second-order valence-corrected chi connectivity index (χ2v) is 7.74. The normalized spacial score (nSPS) is 18.5. The molecule has 1 saturated heterocycles. The molecule has 30 heavy (non-hydrogen) atoms. The van der Waals surface area contributed by atoms with Gasteiger partial charge in [-0.3, -0.25) is 4.79 Å². The zero-order valence-electron chi connectivity index (χ0n) is 16.1. The minimum atomic E-state index is -0.796. The van der Waals surface area contributed by atoms with Gasteiger partial charge in [0, 0.05) is 27.5 Å². The number of aromatic nitrogens is 2. The van der Waals surface area contributed by atoms with Gasteiger partial charge in [-0.25, -0.2) is 9.48 Å². The third kappa shape index (κ3) is 3.73. The van der Waals surface area contributed by atoms with Crippen molar-refractivity contribution in [3.05, 3.63) is 83.1 Å². The number of carbonyl (C=O) groups excluding carboxylic acids is 2. The van der Waals surface area contributed by atoms with E-state index in [1.807, 2.05) is 60.8 Å². The van der Waals surface area contributed by atoms with Gasteiger partial charge in [-0.2, -0.15) is 5.10 Å². The maximum Gasteiger partial charge on any atom is 0.319 e. The van der Waals surface area contributed by atoms with E-state index < -0.39 is 24.0 Å². The summed E-state index contributed by atoms with van der Waals surface area (Å²) in [6, 6.07) is 16.2. The molecule has 2 N–H and O–H groups in total. The molecule has 2 atom stereocenters. The Labute approximate surface area is 181 Å². The summed E-state index contributed by atoms with van der Waals surface area (Å²) in [6.07, 6.45) is 1.83. The van der Waals surface area contributed by atoms with Crippen LogP contribution in [0.25, 0.3) is 16.9 Å². The molecule has 8 heteroatoms. The van der Waals surface area contributed by atoms with E-state index in [0.29, 0.717) is 11.3 Å². The highest BCUT2D eigenvalue weighted by Gasteiger charge is 2.40.